The van der Waals surface area contributed by atoms with E-state index in [2.05, 4.69) is 4.72 Å². The summed E-state index contributed by atoms with van der Waals surface area (Å²) in [7, 11) is -2.28. The molecule has 0 aliphatic heterocycles. The normalized spacial score (nSPS) is 12.8. The summed E-state index contributed by atoms with van der Waals surface area (Å²) in [5, 5.41) is 0. The van der Waals surface area contributed by atoms with Crippen LogP contribution in [0.15, 0.2) is 23.1 Å². The SMILES string of the molecule is COc1ccc(S(=O)(=O)N[C@H](C)C(=O)NN)cc1C. The summed E-state index contributed by atoms with van der Waals surface area (Å²) in [6, 6.07) is 3.46. The zero-order valence-electron chi connectivity index (χ0n) is 10.9. The number of sulfonamides is 1. The molecule has 0 fully saturated rings. The van der Waals surface area contributed by atoms with E-state index in [-0.39, 0.29) is 4.90 Å². The molecule has 0 unspecified atom stereocenters. The first-order chi connectivity index (χ1) is 8.81. The molecule has 0 aliphatic carbocycles. The van der Waals surface area contributed by atoms with Gasteiger partial charge in [-0.25, -0.2) is 14.3 Å². The van der Waals surface area contributed by atoms with Crippen LogP contribution in [0.4, 0.5) is 0 Å². The van der Waals surface area contributed by atoms with Crippen molar-refractivity contribution in [2.45, 2.75) is 24.8 Å². The lowest BCUT2D eigenvalue weighted by Crippen LogP contribution is -2.47. The number of nitrogens with two attached hydrogens (primary N) is 1. The Morgan fingerprint density at radius 1 is 1.42 bits per heavy atom. The van der Waals surface area contributed by atoms with E-state index in [1.807, 2.05) is 5.43 Å². The maximum absolute atomic E-state index is 12.0. The Labute approximate surface area is 112 Å². The molecule has 0 radical (unpaired) electrons. The molecule has 0 spiro atoms. The number of hydrogen-bond donors (Lipinski definition) is 3. The highest BCUT2D eigenvalue weighted by Gasteiger charge is 2.21. The van der Waals surface area contributed by atoms with E-state index in [0.717, 1.165) is 0 Å². The molecule has 1 aromatic carbocycles. The highest BCUT2D eigenvalue weighted by Crippen LogP contribution is 2.21. The molecule has 0 aromatic heterocycles. The number of benzene rings is 1. The minimum atomic E-state index is -3.78. The van der Waals surface area contributed by atoms with Crippen molar-refractivity contribution in [3.05, 3.63) is 23.8 Å². The van der Waals surface area contributed by atoms with Crippen molar-refractivity contribution in [3.8, 4) is 5.75 Å². The number of hydrazine groups is 1. The monoisotopic (exact) mass is 287 g/mol. The first kappa shape index (κ1) is 15.4. The molecule has 19 heavy (non-hydrogen) atoms. The van der Waals surface area contributed by atoms with Crippen LogP contribution in [-0.4, -0.2) is 27.5 Å². The second kappa shape index (κ2) is 6.00. The predicted molar refractivity (Wildman–Crippen MR) is 69.8 cm³/mol. The minimum Gasteiger partial charge on any atom is -0.496 e. The zero-order chi connectivity index (χ0) is 14.6. The van der Waals surface area contributed by atoms with Crippen LogP contribution in [-0.2, 0) is 14.8 Å². The third-order valence-electron chi connectivity index (χ3n) is 2.54. The van der Waals surface area contributed by atoms with Gasteiger partial charge in [0.2, 0.25) is 10.0 Å². The number of carbonyl (C=O) groups excluding carboxylic acids is 1. The molecule has 0 saturated carbocycles. The van der Waals surface area contributed by atoms with Crippen molar-refractivity contribution in [1.82, 2.24) is 10.1 Å². The van der Waals surface area contributed by atoms with Gasteiger partial charge in [0.15, 0.2) is 0 Å². The number of aryl methyl sites for hydroxylation is 1. The van der Waals surface area contributed by atoms with Gasteiger partial charge in [-0.1, -0.05) is 0 Å². The molecule has 4 N–H and O–H groups in total. The lowest BCUT2D eigenvalue weighted by atomic mass is 10.2. The van der Waals surface area contributed by atoms with Gasteiger partial charge in [0.1, 0.15) is 5.75 Å². The van der Waals surface area contributed by atoms with E-state index in [1.165, 1.54) is 26.2 Å². The Kier molecular flexibility index (Phi) is 4.87. The highest BCUT2D eigenvalue weighted by molar-refractivity contribution is 7.89. The van der Waals surface area contributed by atoms with Gasteiger partial charge >= 0.3 is 0 Å². The number of nitrogens with one attached hydrogen (secondary N) is 2. The quantitative estimate of drug-likeness (QED) is 0.390. The standard InChI is InChI=1S/C11H17N3O4S/c1-7-6-9(4-5-10(7)18-3)19(16,17)14-8(2)11(15)13-12/h4-6,8,14H,12H2,1-3H3,(H,13,15)/t8-/m1/s1. The predicted octanol–water partition coefficient (Wildman–Crippen LogP) is -0.340. The molecular formula is C11H17N3O4S. The van der Waals surface area contributed by atoms with Crippen LogP contribution in [0.25, 0.3) is 0 Å². The van der Waals surface area contributed by atoms with Crippen LogP contribution in [0.5, 0.6) is 5.75 Å². The lowest BCUT2D eigenvalue weighted by Gasteiger charge is -2.13. The molecule has 1 atom stereocenters. The number of amides is 1. The fraction of sp³-hybridized carbons (Fsp3) is 0.364. The van der Waals surface area contributed by atoms with Gasteiger partial charge in [0.25, 0.3) is 5.91 Å². The van der Waals surface area contributed by atoms with Gasteiger partial charge in [0, 0.05) is 0 Å². The van der Waals surface area contributed by atoms with Gasteiger partial charge in [-0.15, -0.1) is 0 Å². The van der Waals surface area contributed by atoms with Crippen molar-refractivity contribution < 1.29 is 17.9 Å². The van der Waals surface area contributed by atoms with Crippen LogP contribution in [0.2, 0.25) is 0 Å². The summed E-state index contributed by atoms with van der Waals surface area (Å²) in [6.45, 7) is 3.13. The lowest BCUT2D eigenvalue weighted by molar-refractivity contribution is -0.122. The van der Waals surface area contributed by atoms with E-state index >= 15 is 0 Å². The molecule has 7 nitrogen and oxygen atoms in total. The maximum Gasteiger partial charge on any atom is 0.251 e. The summed E-state index contributed by atoms with van der Waals surface area (Å²) in [5.74, 6) is 4.91. The third kappa shape index (κ3) is 3.66. The van der Waals surface area contributed by atoms with Gasteiger partial charge in [-0.3, -0.25) is 10.2 Å². The molecule has 0 heterocycles. The summed E-state index contributed by atoms with van der Waals surface area (Å²) in [4.78, 5) is 11.3. The Morgan fingerprint density at radius 2 is 2.05 bits per heavy atom. The molecule has 0 saturated heterocycles. The Morgan fingerprint density at radius 3 is 2.53 bits per heavy atom. The average Bonchev–Trinajstić information content (AvgIpc) is 2.37. The van der Waals surface area contributed by atoms with E-state index in [0.29, 0.717) is 11.3 Å². The van der Waals surface area contributed by atoms with Crippen molar-refractivity contribution >= 4 is 15.9 Å². The number of rotatable bonds is 5. The Bertz CT molecular complexity index is 571. The van der Waals surface area contributed by atoms with E-state index in [4.69, 9.17) is 10.6 Å². The van der Waals surface area contributed by atoms with E-state index in [1.54, 1.807) is 13.0 Å². The summed E-state index contributed by atoms with van der Waals surface area (Å²) in [6.07, 6.45) is 0. The van der Waals surface area contributed by atoms with Crippen LogP contribution in [0.1, 0.15) is 12.5 Å². The fourth-order valence-corrected chi connectivity index (χ4v) is 2.79. The van der Waals surface area contributed by atoms with Crippen molar-refractivity contribution in [2.24, 2.45) is 5.84 Å². The fourth-order valence-electron chi connectivity index (χ4n) is 1.50. The Balaban J connectivity index is 3.01. The maximum atomic E-state index is 12.0. The number of methoxy groups -OCH3 is 1. The second-order valence-corrected chi connectivity index (χ2v) is 5.70. The molecule has 1 rings (SSSR count). The number of carbonyl (C=O) groups is 1. The molecular weight excluding hydrogens is 270 g/mol. The van der Waals surface area contributed by atoms with Crippen LogP contribution < -0.4 is 20.7 Å². The molecule has 1 amide bonds. The largest absolute Gasteiger partial charge is 0.496 e. The first-order valence-corrected chi connectivity index (χ1v) is 6.97. The topological polar surface area (TPSA) is 111 Å². The molecule has 0 aliphatic rings. The summed E-state index contributed by atoms with van der Waals surface area (Å²) in [5.41, 5.74) is 2.56. The van der Waals surface area contributed by atoms with Gasteiger partial charge < -0.3 is 4.74 Å². The van der Waals surface area contributed by atoms with E-state index in [9.17, 15) is 13.2 Å². The smallest absolute Gasteiger partial charge is 0.251 e. The van der Waals surface area contributed by atoms with Crippen molar-refractivity contribution in [1.29, 1.82) is 0 Å². The zero-order valence-corrected chi connectivity index (χ0v) is 11.7. The number of hydrogen-bond acceptors (Lipinski definition) is 5. The van der Waals surface area contributed by atoms with Crippen molar-refractivity contribution in [2.75, 3.05) is 7.11 Å². The molecule has 0 bridgehead atoms. The minimum absolute atomic E-state index is 0.0578. The second-order valence-electron chi connectivity index (χ2n) is 3.98. The van der Waals surface area contributed by atoms with Crippen LogP contribution in [0.3, 0.4) is 0 Å². The third-order valence-corrected chi connectivity index (χ3v) is 4.08. The van der Waals surface area contributed by atoms with Crippen molar-refractivity contribution in [3.63, 3.8) is 0 Å². The summed E-state index contributed by atoms with van der Waals surface area (Å²) >= 11 is 0. The Hall–Kier alpha value is -1.64. The van der Waals surface area contributed by atoms with Gasteiger partial charge in [0.05, 0.1) is 18.0 Å². The highest BCUT2D eigenvalue weighted by atomic mass is 32.2. The molecule has 1 aromatic rings. The molecule has 106 valence electrons. The molecule has 8 heteroatoms. The summed E-state index contributed by atoms with van der Waals surface area (Å²) < 4.78 is 31.4. The average molecular weight is 287 g/mol. The first-order valence-electron chi connectivity index (χ1n) is 5.49. The van der Waals surface area contributed by atoms with Crippen LogP contribution >= 0.6 is 0 Å². The van der Waals surface area contributed by atoms with Gasteiger partial charge in [-0.05, 0) is 37.6 Å². The van der Waals surface area contributed by atoms with Gasteiger partial charge in [-0.2, -0.15) is 4.72 Å². The number of ether oxygens (including phenoxy) is 1. The van der Waals surface area contributed by atoms with Crippen LogP contribution in [0, 0.1) is 6.92 Å². The van der Waals surface area contributed by atoms with E-state index < -0.39 is 22.0 Å².